The summed E-state index contributed by atoms with van der Waals surface area (Å²) in [6.45, 7) is 7.82. The van der Waals surface area contributed by atoms with E-state index in [1.165, 1.54) is 32.0 Å². The summed E-state index contributed by atoms with van der Waals surface area (Å²) in [6.07, 6.45) is 6.77. The van der Waals surface area contributed by atoms with Gasteiger partial charge in [-0.1, -0.05) is 104 Å². The first-order valence-electron chi connectivity index (χ1n) is 15.2. The van der Waals surface area contributed by atoms with Crippen LogP contribution >= 0.6 is 23.1 Å². The Morgan fingerprint density at radius 1 is 0.860 bits per heavy atom. The molecule has 5 nitrogen and oxygen atoms in total. The van der Waals surface area contributed by atoms with Crippen LogP contribution in [0.5, 0.6) is 0 Å². The van der Waals surface area contributed by atoms with Crippen molar-refractivity contribution in [3.05, 3.63) is 107 Å². The number of amides is 1. The van der Waals surface area contributed by atoms with Gasteiger partial charge in [-0.15, -0.1) is 11.3 Å². The fraction of sp³-hybridized carbons (Fsp3) is 0.333. The lowest BCUT2D eigenvalue weighted by atomic mass is 10.0. The topological polar surface area (TPSA) is 39.7 Å². The zero-order chi connectivity index (χ0) is 30.2. The van der Waals surface area contributed by atoms with Crippen molar-refractivity contribution in [2.75, 3.05) is 33.7 Å². The van der Waals surface area contributed by atoms with Crippen LogP contribution in [-0.2, 0) is 17.8 Å². The summed E-state index contributed by atoms with van der Waals surface area (Å²) < 4.78 is 0. The first-order chi connectivity index (χ1) is 20.9. The highest BCUT2D eigenvalue weighted by Gasteiger charge is 2.27. The Hall–Kier alpha value is -3.39. The summed E-state index contributed by atoms with van der Waals surface area (Å²) in [6, 6.07) is 27.7. The lowest BCUT2D eigenvalue weighted by Crippen LogP contribution is -2.41. The molecule has 2 heterocycles. The molecule has 0 fully saturated rings. The number of hydrogen-bond acceptors (Lipinski definition) is 6. The van der Waals surface area contributed by atoms with E-state index in [1.54, 1.807) is 11.3 Å². The number of thiazole rings is 1. The average Bonchev–Trinajstić information content (AvgIpc) is 3.64. The van der Waals surface area contributed by atoms with E-state index in [4.69, 9.17) is 0 Å². The number of likely N-dealkylation sites (N-methyl/N-ethyl adjacent to an activating group) is 1. The number of carbonyl (C=O) groups excluding carboxylic acids is 1. The SMILES string of the molecule is CCCN(C)Cc1ncc(-c2ccc(-c3ccc(C4=CN(C)C(CN(CCC)C(=O)Cc5ccccc5)S4)cc3)cc2)s1. The predicted octanol–water partition coefficient (Wildman–Crippen LogP) is 8.10. The molecule has 3 aromatic carbocycles. The van der Waals surface area contributed by atoms with Gasteiger partial charge in [0.2, 0.25) is 5.91 Å². The fourth-order valence-corrected chi connectivity index (χ4v) is 7.64. The van der Waals surface area contributed by atoms with Crippen LogP contribution in [-0.4, -0.2) is 64.7 Å². The van der Waals surface area contributed by atoms with Gasteiger partial charge in [0, 0.05) is 30.9 Å². The maximum atomic E-state index is 13.2. The Labute approximate surface area is 265 Å². The van der Waals surface area contributed by atoms with Crippen molar-refractivity contribution in [2.45, 2.75) is 45.0 Å². The number of benzene rings is 3. The van der Waals surface area contributed by atoms with E-state index in [0.29, 0.717) is 13.0 Å². The quantitative estimate of drug-likeness (QED) is 0.153. The summed E-state index contributed by atoms with van der Waals surface area (Å²) in [7, 11) is 4.27. The molecular weight excluding hydrogens is 569 g/mol. The van der Waals surface area contributed by atoms with Crippen molar-refractivity contribution < 1.29 is 4.79 Å². The van der Waals surface area contributed by atoms with E-state index in [9.17, 15) is 4.79 Å². The van der Waals surface area contributed by atoms with Crippen LogP contribution in [0.15, 0.2) is 91.3 Å². The maximum absolute atomic E-state index is 13.2. The van der Waals surface area contributed by atoms with E-state index in [-0.39, 0.29) is 11.3 Å². The molecule has 1 aliphatic rings. The van der Waals surface area contributed by atoms with Gasteiger partial charge in [0.1, 0.15) is 5.01 Å². The number of nitrogens with zero attached hydrogens (tertiary/aromatic N) is 4. The summed E-state index contributed by atoms with van der Waals surface area (Å²) in [5, 5.41) is 1.36. The van der Waals surface area contributed by atoms with Gasteiger partial charge < -0.3 is 9.80 Å². The third kappa shape index (κ3) is 8.17. The second kappa shape index (κ2) is 14.9. The van der Waals surface area contributed by atoms with Crippen LogP contribution in [0.2, 0.25) is 0 Å². The van der Waals surface area contributed by atoms with Crippen molar-refractivity contribution in [1.82, 2.24) is 19.7 Å². The van der Waals surface area contributed by atoms with Crippen LogP contribution in [0.25, 0.3) is 26.5 Å². The van der Waals surface area contributed by atoms with E-state index >= 15 is 0 Å². The molecular formula is C36H42N4OS2. The van der Waals surface area contributed by atoms with Gasteiger partial charge in [-0.2, -0.15) is 0 Å². The number of thioether (sulfide) groups is 1. The molecule has 5 rings (SSSR count). The van der Waals surface area contributed by atoms with Crippen LogP contribution < -0.4 is 0 Å². The normalized spacial score (nSPS) is 14.8. The molecule has 0 spiro atoms. The largest absolute Gasteiger partial charge is 0.365 e. The van der Waals surface area contributed by atoms with E-state index in [0.717, 1.165) is 43.0 Å². The van der Waals surface area contributed by atoms with Crippen LogP contribution in [0.3, 0.4) is 0 Å². The molecule has 0 radical (unpaired) electrons. The average molecular weight is 611 g/mol. The summed E-state index contributed by atoms with van der Waals surface area (Å²) in [4.78, 5) is 26.9. The molecule has 1 unspecified atom stereocenters. The van der Waals surface area contributed by atoms with Crippen LogP contribution in [0.1, 0.15) is 42.8 Å². The number of rotatable bonds is 13. The van der Waals surface area contributed by atoms with Gasteiger partial charge in [-0.05, 0) is 54.3 Å². The van der Waals surface area contributed by atoms with Crippen LogP contribution in [0, 0.1) is 0 Å². The maximum Gasteiger partial charge on any atom is 0.227 e. The number of aromatic nitrogens is 1. The molecule has 1 atom stereocenters. The van der Waals surface area contributed by atoms with Gasteiger partial charge in [-0.3, -0.25) is 9.69 Å². The third-order valence-corrected chi connectivity index (χ3v) is 10.1. The number of hydrogen-bond donors (Lipinski definition) is 0. The monoisotopic (exact) mass is 610 g/mol. The Morgan fingerprint density at radius 2 is 1.49 bits per heavy atom. The Bertz CT molecular complexity index is 1500. The van der Waals surface area contributed by atoms with E-state index in [1.807, 2.05) is 53.2 Å². The molecule has 1 amide bonds. The zero-order valence-corrected chi connectivity index (χ0v) is 27.3. The van der Waals surface area contributed by atoms with Crippen molar-refractivity contribution in [3.63, 3.8) is 0 Å². The lowest BCUT2D eigenvalue weighted by Gasteiger charge is -2.29. The third-order valence-electron chi connectivity index (χ3n) is 7.70. The lowest BCUT2D eigenvalue weighted by molar-refractivity contribution is -0.130. The fourth-order valence-electron chi connectivity index (χ4n) is 5.36. The van der Waals surface area contributed by atoms with Gasteiger partial charge in [0.15, 0.2) is 0 Å². The molecule has 0 saturated heterocycles. The van der Waals surface area contributed by atoms with E-state index in [2.05, 4.69) is 97.5 Å². The molecule has 0 saturated carbocycles. The van der Waals surface area contributed by atoms with Crippen LogP contribution in [0.4, 0.5) is 0 Å². The molecule has 0 aliphatic carbocycles. The Morgan fingerprint density at radius 3 is 2.14 bits per heavy atom. The van der Waals surface area contributed by atoms with Crippen molar-refractivity contribution in [3.8, 4) is 21.6 Å². The smallest absolute Gasteiger partial charge is 0.227 e. The van der Waals surface area contributed by atoms with Crippen molar-refractivity contribution >= 4 is 33.9 Å². The molecule has 0 bridgehead atoms. The first kappa shape index (κ1) is 31.0. The van der Waals surface area contributed by atoms with Gasteiger partial charge in [-0.25, -0.2) is 4.98 Å². The minimum atomic E-state index is 0.196. The van der Waals surface area contributed by atoms with Crippen molar-refractivity contribution in [1.29, 1.82) is 0 Å². The van der Waals surface area contributed by atoms with Gasteiger partial charge in [0.25, 0.3) is 0 Å². The summed E-state index contributed by atoms with van der Waals surface area (Å²) in [5.74, 6) is 0.196. The molecule has 224 valence electrons. The highest BCUT2D eigenvalue weighted by molar-refractivity contribution is 8.09. The molecule has 0 N–H and O–H groups in total. The summed E-state index contributed by atoms with van der Waals surface area (Å²) >= 11 is 3.62. The molecule has 4 aromatic rings. The highest BCUT2D eigenvalue weighted by Crippen LogP contribution is 2.40. The second-order valence-electron chi connectivity index (χ2n) is 11.2. The van der Waals surface area contributed by atoms with Gasteiger partial charge >= 0.3 is 0 Å². The second-order valence-corrected chi connectivity index (χ2v) is 13.6. The molecule has 1 aromatic heterocycles. The number of carbonyl (C=O) groups is 1. The molecule has 7 heteroatoms. The first-order valence-corrected chi connectivity index (χ1v) is 16.9. The standard InChI is InChI=1S/C36H42N4OS2/c1-5-20-38(3)25-34-37-23-32(42-34)30-16-12-28(13-17-30)29-14-18-31(19-15-29)33-24-39(4)36(43-33)26-40(21-6-2)35(41)22-27-10-8-7-9-11-27/h7-19,23-24,36H,5-6,20-22,25-26H2,1-4H3. The molecule has 43 heavy (non-hydrogen) atoms. The highest BCUT2D eigenvalue weighted by atomic mass is 32.2. The Kier molecular flexibility index (Phi) is 10.7. The summed E-state index contributed by atoms with van der Waals surface area (Å²) in [5.41, 5.74) is 5.90. The molecule has 1 aliphatic heterocycles. The van der Waals surface area contributed by atoms with E-state index < -0.39 is 0 Å². The zero-order valence-electron chi connectivity index (χ0n) is 25.7. The minimum absolute atomic E-state index is 0.196. The van der Waals surface area contributed by atoms with Crippen molar-refractivity contribution in [2.24, 2.45) is 0 Å². The minimum Gasteiger partial charge on any atom is -0.365 e. The van der Waals surface area contributed by atoms with Gasteiger partial charge in [0.05, 0.1) is 29.8 Å². The predicted molar refractivity (Wildman–Crippen MR) is 184 cm³/mol. The Balaban J connectivity index is 1.19.